The number of benzene rings is 2. The fraction of sp³-hybridized carbons (Fsp3) is 0.238. The van der Waals surface area contributed by atoms with Gasteiger partial charge in [0, 0.05) is 17.8 Å². The Kier molecular flexibility index (Phi) is 5.67. The lowest BCUT2D eigenvalue weighted by Gasteiger charge is -2.22. The minimum atomic E-state index is -0.289. The largest absolute Gasteiger partial charge is 0.370 e. The number of rotatable bonds is 5. The molecule has 2 aromatic carbocycles. The molecule has 1 N–H and O–H groups in total. The number of halogens is 2. The molecule has 0 saturated heterocycles. The highest BCUT2D eigenvalue weighted by Crippen LogP contribution is 2.26. The van der Waals surface area contributed by atoms with Crippen molar-refractivity contribution in [2.24, 2.45) is 0 Å². The van der Waals surface area contributed by atoms with Gasteiger partial charge in [0.15, 0.2) is 0 Å². The lowest BCUT2D eigenvalue weighted by atomic mass is 10.1. The maximum atomic E-state index is 12.5. The zero-order valence-corrected chi connectivity index (χ0v) is 16.6. The molecule has 5 nitrogen and oxygen atoms in total. The van der Waals surface area contributed by atoms with E-state index in [0.717, 1.165) is 17.7 Å². The number of aromatic nitrogens is 2. The van der Waals surface area contributed by atoms with Gasteiger partial charge in [-0.05, 0) is 35.7 Å². The molecular formula is C21H19Cl2N3O2. The Morgan fingerprint density at radius 2 is 2.04 bits per heavy atom. The zero-order valence-electron chi connectivity index (χ0n) is 15.1. The molecule has 0 aliphatic carbocycles. The fourth-order valence-electron chi connectivity index (χ4n) is 3.29. The molecule has 1 aliphatic heterocycles. The van der Waals surface area contributed by atoms with Gasteiger partial charge in [-0.3, -0.25) is 9.48 Å². The van der Waals surface area contributed by atoms with Gasteiger partial charge >= 0.3 is 0 Å². The molecule has 1 aliphatic rings. The van der Waals surface area contributed by atoms with Crippen LogP contribution in [0.3, 0.4) is 0 Å². The summed E-state index contributed by atoms with van der Waals surface area (Å²) in [7, 11) is 0. The van der Waals surface area contributed by atoms with E-state index in [2.05, 4.69) is 23.6 Å². The highest BCUT2D eigenvalue weighted by atomic mass is 35.5. The highest BCUT2D eigenvalue weighted by Gasteiger charge is 2.25. The van der Waals surface area contributed by atoms with E-state index < -0.39 is 0 Å². The quantitative estimate of drug-likeness (QED) is 0.676. The molecule has 2 heterocycles. The third kappa shape index (κ3) is 4.22. The first-order chi connectivity index (χ1) is 13.6. The average Bonchev–Trinajstić information content (AvgIpc) is 3.11. The number of fused-ring (bicyclic) bond motifs is 1. The third-order valence-corrected chi connectivity index (χ3v) is 5.24. The van der Waals surface area contributed by atoms with Crippen LogP contribution in [0.25, 0.3) is 0 Å². The molecule has 0 radical (unpaired) electrons. The summed E-state index contributed by atoms with van der Waals surface area (Å²) in [6.45, 7) is 1.62. The predicted molar refractivity (Wildman–Crippen MR) is 109 cm³/mol. The number of nitrogens with one attached hydrogen (secondary N) is 1. The molecule has 28 heavy (non-hydrogen) atoms. The van der Waals surface area contributed by atoms with Gasteiger partial charge in [-0.1, -0.05) is 53.5 Å². The molecule has 4 rings (SSSR count). The second kappa shape index (κ2) is 8.35. The summed E-state index contributed by atoms with van der Waals surface area (Å²) in [5, 5.41) is 8.41. The van der Waals surface area contributed by atoms with E-state index in [9.17, 15) is 4.79 Å². The minimum absolute atomic E-state index is 0.285. The number of carbonyl (C=O) groups excluding carboxylic acids is 1. The van der Waals surface area contributed by atoms with Crippen LogP contribution in [0, 0.1) is 0 Å². The Labute approximate surface area is 173 Å². The van der Waals surface area contributed by atoms with Gasteiger partial charge in [0.1, 0.15) is 6.10 Å². The second-order valence-electron chi connectivity index (χ2n) is 6.67. The molecule has 0 saturated carbocycles. The van der Waals surface area contributed by atoms with Crippen molar-refractivity contribution in [2.75, 3.05) is 13.2 Å². The first-order valence-corrected chi connectivity index (χ1v) is 9.81. The van der Waals surface area contributed by atoms with E-state index in [1.54, 1.807) is 18.2 Å². The van der Waals surface area contributed by atoms with Crippen LogP contribution in [-0.4, -0.2) is 28.8 Å². The van der Waals surface area contributed by atoms with E-state index >= 15 is 0 Å². The van der Waals surface area contributed by atoms with Crippen LogP contribution >= 0.6 is 23.2 Å². The summed E-state index contributed by atoms with van der Waals surface area (Å²) in [4.78, 5) is 12.5. The molecule has 7 heteroatoms. The molecule has 1 atom stereocenters. The first-order valence-electron chi connectivity index (χ1n) is 9.05. The van der Waals surface area contributed by atoms with Crippen molar-refractivity contribution in [1.82, 2.24) is 15.1 Å². The topological polar surface area (TPSA) is 56.1 Å². The zero-order chi connectivity index (χ0) is 19.5. The molecular weight excluding hydrogens is 397 g/mol. The molecule has 0 fully saturated rings. The summed E-state index contributed by atoms with van der Waals surface area (Å²) in [6.07, 6.45) is 2.59. The van der Waals surface area contributed by atoms with Crippen molar-refractivity contribution in [3.63, 3.8) is 0 Å². The van der Waals surface area contributed by atoms with Crippen LogP contribution in [0.2, 0.25) is 10.0 Å². The van der Waals surface area contributed by atoms with Gasteiger partial charge in [0.2, 0.25) is 0 Å². The highest BCUT2D eigenvalue weighted by molar-refractivity contribution is 6.35. The van der Waals surface area contributed by atoms with Crippen molar-refractivity contribution in [3.05, 3.63) is 87.2 Å². The number of amides is 1. The van der Waals surface area contributed by atoms with Gasteiger partial charge in [-0.25, -0.2) is 0 Å². The second-order valence-corrected chi connectivity index (χ2v) is 7.51. The van der Waals surface area contributed by atoms with Gasteiger partial charge in [0.25, 0.3) is 5.91 Å². The number of carbonyl (C=O) groups is 1. The smallest absolute Gasteiger partial charge is 0.252 e. The number of ether oxygens (including phenoxy) is 1. The lowest BCUT2D eigenvalue weighted by Crippen LogP contribution is -2.32. The van der Waals surface area contributed by atoms with Crippen LogP contribution in [0.5, 0.6) is 0 Å². The Balaban J connectivity index is 1.46. The van der Waals surface area contributed by atoms with E-state index in [4.69, 9.17) is 33.0 Å². The SMILES string of the molecule is O=C(NCC1OCCc2cn(Cc3ccccc3)nc21)c1cc(Cl)ccc1Cl. The number of hydrogen-bond donors (Lipinski definition) is 1. The summed E-state index contributed by atoms with van der Waals surface area (Å²) >= 11 is 12.1. The fourth-order valence-corrected chi connectivity index (χ4v) is 3.67. The summed E-state index contributed by atoms with van der Waals surface area (Å²) in [5.41, 5.74) is 3.56. The van der Waals surface area contributed by atoms with E-state index in [0.29, 0.717) is 35.3 Å². The van der Waals surface area contributed by atoms with Crippen LogP contribution in [0.4, 0.5) is 0 Å². The Morgan fingerprint density at radius 1 is 1.21 bits per heavy atom. The maximum Gasteiger partial charge on any atom is 0.252 e. The van der Waals surface area contributed by atoms with E-state index in [1.807, 2.05) is 22.9 Å². The van der Waals surface area contributed by atoms with Gasteiger partial charge in [0.05, 0.1) is 29.4 Å². The molecule has 1 amide bonds. The van der Waals surface area contributed by atoms with Crippen molar-refractivity contribution >= 4 is 29.1 Å². The van der Waals surface area contributed by atoms with Gasteiger partial charge in [-0.2, -0.15) is 5.10 Å². The van der Waals surface area contributed by atoms with Crippen LogP contribution in [-0.2, 0) is 17.7 Å². The van der Waals surface area contributed by atoms with Gasteiger partial charge < -0.3 is 10.1 Å². The van der Waals surface area contributed by atoms with Crippen LogP contribution in [0.1, 0.15) is 33.3 Å². The molecule has 144 valence electrons. The van der Waals surface area contributed by atoms with Crippen molar-refractivity contribution in [2.45, 2.75) is 19.1 Å². The number of nitrogens with zero attached hydrogens (tertiary/aromatic N) is 2. The van der Waals surface area contributed by atoms with E-state index in [-0.39, 0.29) is 12.0 Å². The van der Waals surface area contributed by atoms with Crippen molar-refractivity contribution in [3.8, 4) is 0 Å². The van der Waals surface area contributed by atoms with Gasteiger partial charge in [-0.15, -0.1) is 0 Å². The Morgan fingerprint density at radius 3 is 2.86 bits per heavy atom. The standard InChI is InChI=1S/C21H19Cl2N3O2/c22-16-6-7-18(23)17(10-16)21(27)24-11-19-20-15(8-9-28-19)13-26(25-20)12-14-4-2-1-3-5-14/h1-7,10,13,19H,8-9,11-12H2,(H,24,27). The van der Waals surface area contributed by atoms with Crippen LogP contribution < -0.4 is 5.32 Å². The maximum absolute atomic E-state index is 12.5. The minimum Gasteiger partial charge on any atom is -0.370 e. The third-order valence-electron chi connectivity index (χ3n) is 4.67. The van der Waals surface area contributed by atoms with E-state index in [1.165, 1.54) is 5.56 Å². The van der Waals surface area contributed by atoms with Crippen molar-refractivity contribution < 1.29 is 9.53 Å². The first kappa shape index (κ1) is 19.0. The predicted octanol–water partition coefficient (Wildman–Crippen LogP) is 4.28. The number of hydrogen-bond acceptors (Lipinski definition) is 3. The van der Waals surface area contributed by atoms with Crippen LogP contribution in [0.15, 0.2) is 54.7 Å². The monoisotopic (exact) mass is 415 g/mol. The lowest BCUT2D eigenvalue weighted by molar-refractivity contribution is 0.0383. The Bertz CT molecular complexity index is 989. The summed E-state index contributed by atoms with van der Waals surface area (Å²) in [6, 6.07) is 15.0. The molecule has 1 aromatic heterocycles. The summed E-state index contributed by atoms with van der Waals surface area (Å²) in [5.74, 6) is -0.285. The molecule has 3 aromatic rings. The normalized spacial score (nSPS) is 15.9. The average molecular weight is 416 g/mol. The Hall–Kier alpha value is -2.34. The molecule has 1 unspecified atom stereocenters. The summed E-state index contributed by atoms with van der Waals surface area (Å²) < 4.78 is 7.79. The molecule has 0 bridgehead atoms. The van der Waals surface area contributed by atoms with Crippen molar-refractivity contribution in [1.29, 1.82) is 0 Å². The molecule has 0 spiro atoms.